The zero-order chi connectivity index (χ0) is 42.3. The number of pyridine rings is 1. The summed E-state index contributed by atoms with van der Waals surface area (Å²) < 4.78 is 16.6. The minimum atomic E-state index is -0.850. The predicted molar refractivity (Wildman–Crippen MR) is 228 cm³/mol. The molecule has 3 aliphatic heterocycles. The van der Waals surface area contributed by atoms with Gasteiger partial charge in [0.1, 0.15) is 23.6 Å². The smallest absolute Gasteiger partial charge is 0.278 e. The minimum Gasteiger partial charge on any atom is -0.371 e. The lowest BCUT2D eigenvalue weighted by Crippen LogP contribution is -2.49. The Labute approximate surface area is 354 Å². The van der Waals surface area contributed by atoms with Crippen LogP contribution in [0.15, 0.2) is 78.1 Å². The molecule has 4 aromatic heterocycles. The molecule has 3 N–H and O–H groups in total. The molecule has 318 valence electrons. The molecule has 4 aliphatic rings. The van der Waals surface area contributed by atoms with Crippen LogP contribution in [0.4, 0.5) is 27.3 Å². The number of carbonyl (C=O) groups is 3. The van der Waals surface area contributed by atoms with Gasteiger partial charge in [0, 0.05) is 81.4 Å². The van der Waals surface area contributed by atoms with E-state index in [1.54, 1.807) is 6.33 Å². The zero-order valence-corrected chi connectivity index (χ0v) is 33.9. The van der Waals surface area contributed by atoms with Crippen molar-refractivity contribution >= 4 is 62.7 Å². The predicted octanol–water partition coefficient (Wildman–Crippen LogP) is 3.36. The van der Waals surface area contributed by atoms with Crippen molar-refractivity contribution in [2.45, 2.75) is 56.7 Å². The average Bonchev–Trinajstić information content (AvgIpc) is 3.70. The Morgan fingerprint density at radius 3 is 2.40 bits per heavy atom. The van der Waals surface area contributed by atoms with Crippen LogP contribution < -0.4 is 31.3 Å². The van der Waals surface area contributed by atoms with Crippen molar-refractivity contribution in [3.8, 4) is 0 Å². The van der Waals surface area contributed by atoms with Gasteiger partial charge in [-0.15, -0.1) is 5.10 Å². The third-order valence-corrected chi connectivity index (χ3v) is 12.7. The molecule has 1 atom stereocenters. The third kappa shape index (κ3) is 7.90. The van der Waals surface area contributed by atoms with Crippen molar-refractivity contribution in [2.75, 3.05) is 60.9 Å². The van der Waals surface area contributed by atoms with Crippen molar-refractivity contribution in [3.05, 3.63) is 95.3 Å². The lowest BCUT2D eigenvalue weighted by Gasteiger charge is -2.40. The molecular formula is C43H45FN14O4. The van der Waals surface area contributed by atoms with Crippen molar-refractivity contribution in [3.63, 3.8) is 0 Å². The Bertz CT molecular complexity index is 2720. The molecule has 4 fully saturated rings. The second kappa shape index (κ2) is 16.5. The van der Waals surface area contributed by atoms with Crippen LogP contribution in [-0.4, -0.2) is 114 Å². The maximum Gasteiger partial charge on any atom is 0.278 e. The molecule has 18 nitrogen and oxygen atoms in total. The van der Waals surface area contributed by atoms with Crippen LogP contribution >= 0.6 is 0 Å². The number of amides is 3. The van der Waals surface area contributed by atoms with Gasteiger partial charge in [-0.2, -0.15) is 9.07 Å². The number of benzene rings is 2. The number of hydrogen-bond acceptors (Lipinski definition) is 14. The number of imide groups is 1. The fourth-order valence-corrected chi connectivity index (χ4v) is 9.12. The molecule has 3 amide bonds. The second-order valence-electron chi connectivity index (χ2n) is 16.6. The molecule has 7 heterocycles. The molecule has 0 unspecified atom stereocenters. The van der Waals surface area contributed by atoms with Gasteiger partial charge in [-0.1, -0.05) is 11.3 Å². The maximum absolute atomic E-state index is 13.5. The van der Waals surface area contributed by atoms with Crippen molar-refractivity contribution in [1.82, 2.24) is 55.0 Å². The van der Waals surface area contributed by atoms with Gasteiger partial charge in [0.25, 0.3) is 17.4 Å². The molecule has 1 saturated carbocycles. The van der Waals surface area contributed by atoms with Gasteiger partial charge in [-0.3, -0.25) is 29.4 Å². The molecule has 0 spiro atoms. The van der Waals surface area contributed by atoms with Gasteiger partial charge in [-0.25, -0.2) is 19.9 Å². The van der Waals surface area contributed by atoms with Gasteiger partial charge >= 0.3 is 0 Å². The van der Waals surface area contributed by atoms with Crippen LogP contribution in [0.1, 0.15) is 61.1 Å². The van der Waals surface area contributed by atoms with E-state index in [0.29, 0.717) is 46.6 Å². The molecule has 10 rings (SSSR count). The van der Waals surface area contributed by atoms with E-state index in [0.717, 1.165) is 74.7 Å². The molecule has 62 heavy (non-hydrogen) atoms. The molecule has 0 radical (unpaired) electrons. The molecule has 19 heteroatoms. The summed E-state index contributed by atoms with van der Waals surface area (Å²) in [7, 11) is 0. The van der Waals surface area contributed by atoms with Crippen molar-refractivity contribution < 1.29 is 18.8 Å². The Morgan fingerprint density at radius 2 is 1.63 bits per heavy atom. The topological polar surface area (TPSA) is 201 Å². The first-order valence-corrected chi connectivity index (χ1v) is 21.2. The zero-order valence-electron chi connectivity index (χ0n) is 33.9. The van der Waals surface area contributed by atoms with Gasteiger partial charge < -0.3 is 25.0 Å². The molecule has 2 aromatic carbocycles. The van der Waals surface area contributed by atoms with Gasteiger partial charge in [0.15, 0.2) is 17.0 Å². The standard InChI is InChI=1S/C43H45FN14O4/c44-36-3-1-2-34(50-36)41(60)49-28-20-31(21-28)57-25-47-38-39(45-24-46-40(38)57)48-27-4-6-29(7-5-27)56-18-16-54(17-19-56)23-26-12-14-55(15-13-26)30-8-9-33-32(22-30)43(62)58(53-52-33)35-10-11-37(59)51-42(35)61/h1-9,22,24-26,28,31,35H,10-21,23H2,(H,49,60)(H,45,46,48)(H,51,59,61)/t28?,31?,35-/m0/s1. The first kappa shape index (κ1) is 39.3. The summed E-state index contributed by atoms with van der Waals surface area (Å²) >= 11 is 0. The number of nitrogens with one attached hydrogen (secondary N) is 3. The first-order chi connectivity index (χ1) is 30.2. The van der Waals surface area contributed by atoms with Gasteiger partial charge in [-0.05, 0) is 92.6 Å². The second-order valence-corrected chi connectivity index (χ2v) is 16.6. The third-order valence-electron chi connectivity index (χ3n) is 12.7. The van der Waals surface area contributed by atoms with Crippen LogP contribution in [0.25, 0.3) is 22.1 Å². The fourth-order valence-electron chi connectivity index (χ4n) is 9.12. The number of piperazine rings is 1. The molecular weight excluding hydrogens is 796 g/mol. The Kier molecular flexibility index (Phi) is 10.5. The van der Waals surface area contributed by atoms with Crippen LogP contribution in [0.3, 0.4) is 0 Å². The molecule has 0 bridgehead atoms. The van der Waals surface area contributed by atoms with Gasteiger partial charge in [0.05, 0.1) is 11.7 Å². The number of carbonyl (C=O) groups excluding carboxylic acids is 3. The molecule has 3 saturated heterocycles. The van der Waals surface area contributed by atoms with Crippen LogP contribution in [0.5, 0.6) is 0 Å². The summed E-state index contributed by atoms with van der Waals surface area (Å²) in [5.74, 6) is -0.741. The maximum atomic E-state index is 13.5. The van der Waals surface area contributed by atoms with Crippen LogP contribution in [-0.2, 0) is 9.59 Å². The van der Waals surface area contributed by atoms with Crippen molar-refractivity contribution in [1.29, 1.82) is 0 Å². The number of nitrogens with zero attached hydrogens (tertiary/aromatic N) is 11. The Balaban J connectivity index is 0.690. The summed E-state index contributed by atoms with van der Waals surface area (Å²) in [6.07, 6.45) is 7.18. The van der Waals surface area contributed by atoms with E-state index in [4.69, 9.17) is 0 Å². The minimum absolute atomic E-state index is 0.0524. The number of fused-ring (bicyclic) bond motifs is 2. The summed E-state index contributed by atoms with van der Waals surface area (Å²) in [6, 6.07) is 17.4. The van der Waals surface area contributed by atoms with E-state index in [-0.39, 0.29) is 48.0 Å². The number of anilines is 4. The lowest BCUT2D eigenvalue weighted by molar-refractivity contribution is -0.136. The van der Waals surface area contributed by atoms with Crippen LogP contribution in [0, 0.1) is 11.9 Å². The van der Waals surface area contributed by atoms with E-state index >= 15 is 0 Å². The van der Waals surface area contributed by atoms with E-state index in [9.17, 15) is 23.6 Å². The summed E-state index contributed by atoms with van der Waals surface area (Å²) in [4.78, 5) is 74.6. The summed E-state index contributed by atoms with van der Waals surface area (Å²) in [6.45, 7) is 6.71. The lowest BCUT2D eigenvalue weighted by atomic mass is 9.86. The number of rotatable bonds is 10. The van der Waals surface area contributed by atoms with E-state index in [2.05, 4.69) is 85.2 Å². The first-order valence-electron chi connectivity index (χ1n) is 21.2. The SMILES string of the molecule is O=C1CC[C@H](n2nnc3ccc(N4CCC(CN5CCN(c6ccc(Nc7ncnc8c7ncn8C7CC(NC(=O)c8cccc(F)n8)C7)cc6)CC5)CC4)cc3c2=O)C(=O)N1. The van der Waals surface area contributed by atoms with Crippen LogP contribution in [0.2, 0.25) is 0 Å². The van der Waals surface area contributed by atoms with E-state index in [1.807, 2.05) is 22.8 Å². The summed E-state index contributed by atoms with van der Waals surface area (Å²) in [5.41, 5.74) is 4.56. The number of halogens is 1. The Hall–Kier alpha value is -6.89. The van der Waals surface area contributed by atoms with Gasteiger partial charge in [0.2, 0.25) is 11.9 Å². The molecule has 6 aromatic rings. The average molecular weight is 841 g/mol. The Morgan fingerprint density at radius 1 is 0.855 bits per heavy atom. The molecule has 1 aliphatic carbocycles. The highest BCUT2D eigenvalue weighted by atomic mass is 19.1. The fraction of sp³-hybridized carbons (Fsp3) is 0.395. The van der Waals surface area contributed by atoms with Crippen molar-refractivity contribution in [2.24, 2.45) is 5.92 Å². The highest BCUT2D eigenvalue weighted by molar-refractivity contribution is 5.99. The largest absolute Gasteiger partial charge is 0.371 e. The van der Waals surface area contributed by atoms with E-state index < -0.39 is 17.9 Å². The highest BCUT2D eigenvalue weighted by Gasteiger charge is 2.34. The normalized spacial score (nSPS) is 21.2. The monoisotopic (exact) mass is 840 g/mol. The number of aromatic nitrogens is 8. The number of piperidine rings is 2. The summed E-state index contributed by atoms with van der Waals surface area (Å²) in [5, 5.41) is 17.3. The number of imidazole rings is 1. The number of hydrogen-bond donors (Lipinski definition) is 3. The highest BCUT2D eigenvalue weighted by Crippen LogP contribution is 2.36. The quantitative estimate of drug-likeness (QED) is 0.134. The van der Waals surface area contributed by atoms with E-state index in [1.165, 1.54) is 30.2 Å².